The third-order valence-electron chi connectivity index (χ3n) is 3.13. The van der Waals surface area contributed by atoms with Crippen molar-refractivity contribution >= 4 is 5.91 Å². The van der Waals surface area contributed by atoms with Crippen LogP contribution in [0, 0.1) is 5.82 Å². The van der Waals surface area contributed by atoms with Gasteiger partial charge in [-0.1, -0.05) is 18.2 Å². The molecule has 0 radical (unpaired) electrons. The fourth-order valence-electron chi connectivity index (χ4n) is 2.03. The molecule has 0 aliphatic carbocycles. The molecule has 0 spiro atoms. The van der Waals surface area contributed by atoms with Gasteiger partial charge in [0.15, 0.2) is 0 Å². The lowest BCUT2D eigenvalue weighted by Gasteiger charge is -2.12. The van der Waals surface area contributed by atoms with Crippen LogP contribution >= 0.6 is 0 Å². The van der Waals surface area contributed by atoms with Gasteiger partial charge in [0.05, 0.1) is 0 Å². The molecule has 3 N–H and O–H groups in total. The normalized spacial score (nSPS) is 11.9. The Kier molecular flexibility index (Phi) is 5.40. The summed E-state index contributed by atoms with van der Waals surface area (Å²) < 4.78 is 13.5. The largest absolute Gasteiger partial charge is 0.352 e. The van der Waals surface area contributed by atoms with E-state index < -0.39 is 6.04 Å². The van der Waals surface area contributed by atoms with E-state index >= 15 is 0 Å². The maximum atomic E-state index is 13.5. The van der Waals surface area contributed by atoms with Crippen LogP contribution in [0.2, 0.25) is 0 Å². The molecule has 110 valence electrons. The maximum Gasteiger partial charge on any atom is 0.221 e. The molecule has 0 saturated heterocycles. The van der Waals surface area contributed by atoms with Gasteiger partial charge in [0.25, 0.3) is 0 Å². The Morgan fingerprint density at radius 2 is 1.95 bits per heavy atom. The summed E-state index contributed by atoms with van der Waals surface area (Å²) in [6, 6.07) is 9.73. The molecule has 0 unspecified atom stereocenters. The highest BCUT2D eigenvalue weighted by atomic mass is 19.1. The summed E-state index contributed by atoms with van der Waals surface area (Å²) in [5.74, 6) is -0.430. The van der Waals surface area contributed by atoms with Gasteiger partial charge in [-0.25, -0.2) is 4.39 Å². The summed E-state index contributed by atoms with van der Waals surface area (Å²) in [6.07, 6.45) is 3.85. The van der Waals surface area contributed by atoms with Crippen molar-refractivity contribution in [2.75, 3.05) is 0 Å². The van der Waals surface area contributed by atoms with Crippen LogP contribution in [0.25, 0.3) is 0 Å². The van der Waals surface area contributed by atoms with Crippen LogP contribution < -0.4 is 11.1 Å². The van der Waals surface area contributed by atoms with E-state index in [0.29, 0.717) is 18.5 Å². The van der Waals surface area contributed by atoms with Crippen LogP contribution in [-0.2, 0) is 17.8 Å². The van der Waals surface area contributed by atoms with Crippen molar-refractivity contribution in [3.63, 3.8) is 0 Å². The standard InChI is InChI=1S/C16H18FN3O/c17-15-4-2-1-3-13(15)9-14(18)10-16(21)20-11-12-5-7-19-8-6-12/h1-8,14H,9-11,18H2,(H,20,21)/t14-/m1/s1. The number of amides is 1. The van der Waals surface area contributed by atoms with Gasteiger partial charge in [0.2, 0.25) is 5.91 Å². The highest BCUT2D eigenvalue weighted by molar-refractivity contribution is 5.76. The molecule has 1 heterocycles. The highest BCUT2D eigenvalue weighted by Crippen LogP contribution is 2.09. The molecule has 0 fully saturated rings. The minimum absolute atomic E-state index is 0.143. The van der Waals surface area contributed by atoms with Crippen molar-refractivity contribution in [3.8, 4) is 0 Å². The fourth-order valence-corrected chi connectivity index (χ4v) is 2.03. The van der Waals surface area contributed by atoms with E-state index in [-0.39, 0.29) is 18.1 Å². The predicted octanol–water partition coefficient (Wildman–Crippen LogP) is 1.80. The summed E-state index contributed by atoms with van der Waals surface area (Å²) in [7, 11) is 0. The molecule has 21 heavy (non-hydrogen) atoms. The number of benzene rings is 1. The lowest BCUT2D eigenvalue weighted by atomic mass is 10.0. The molecule has 1 atom stereocenters. The highest BCUT2D eigenvalue weighted by Gasteiger charge is 2.12. The van der Waals surface area contributed by atoms with Crippen molar-refractivity contribution in [3.05, 3.63) is 65.7 Å². The van der Waals surface area contributed by atoms with Crippen LogP contribution in [0.4, 0.5) is 4.39 Å². The van der Waals surface area contributed by atoms with Crippen molar-refractivity contribution in [2.45, 2.75) is 25.4 Å². The van der Waals surface area contributed by atoms with Crippen molar-refractivity contribution < 1.29 is 9.18 Å². The second-order valence-electron chi connectivity index (χ2n) is 4.89. The summed E-state index contributed by atoms with van der Waals surface area (Å²) in [5.41, 5.74) is 7.41. The summed E-state index contributed by atoms with van der Waals surface area (Å²) in [6.45, 7) is 0.438. The number of carbonyl (C=O) groups excluding carboxylic acids is 1. The second kappa shape index (κ2) is 7.50. The zero-order valence-corrected chi connectivity index (χ0v) is 11.6. The van der Waals surface area contributed by atoms with Gasteiger partial charge >= 0.3 is 0 Å². The molecule has 2 rings (SSSR count). The zero-order valence-electron chi connectivity index (χ0n) is 11.6. The number of halogens is 1. The van der Waals surface area contributed by atoms with Gasteiger partial charge in [0, 0.05) is 31.4 Å². The van der Waals surface area contributed by atoms with E-state index in [1.807, 2.05) is 12.1 Å². The summed E-state index contributed by atoms with van der Waals surface area (Å²) in [5, 5.41) is 2.79. The number of nitrogens with one attached hydrogen (secondary N) is 1. The van der Waals surface area contributed by atoms with E-state index in [4.69, 9.17) is 5.73 Å². The average Bonchev–Trinajstić information content (AvgIpc) is 2.48. The minimum atomic E-state index is -0.403. The van der Waals surface area contributed by atoms with Crippen molar-refractivity contribution in [1.29, 1.82) is 0 Å². The summed E-state index contributed by atoms with van der Waals surface area (Å²) >= 11 is 0. The van der Waals surface area contributed by atoms with Crippen LogP contribution in [0.5, 0.6) is 0 Å². The first-order valence-electron chi connectivity index (χ1n) is 6.79. The number of hydrogen-bond acceptors (Lipinski definition) is 3. The summed E-state index contributed by atoms with van der Waals surface area (Å²) in [4.78, 5) is 15.7. The Balaban J connectivity index is 1.78. The second-order valence-corrected chi connectivity index (χ2v) is 4.89. The number of rotatable bonds is 6. The maximum absolute atomic E-state index is 13.5. The predicted molar refractivity (Wildman–Crippen MR) is 78.8 cm³/mol. The molecule has 4 nitrogen and oxygen atoms in total. The first-order valence-corrected chi connectivity index (χ1v) is 6.79. The molecular formula is C16H18FN3O. The number of aromatic nitrogens is 1. The molecule has 1 aromatic carbocycles. The molecule has 1 aromatic heterocycles. The molecule has 0 aliphatic heterocycles. The monoisotopic (exact) mass is 287 g/mol. The Morgan fingerprint density at radius 3 is 2.67 bits per heavy atom. The van der Waals surface area contributed by atoms with Gasteiger partial charge in [-0.15, -0.1) is 0 Å². The van der Waals surface area contributed by atoms with Gasteiger partial charge in [-0.3, -0.25) is 9.78 Å². The Labute approximate surface area is 123 Å². The number of nitrogens with zero attached hydrogens (tertiary/aromatic N) is 1. The number of pyridine rings is 1. The van der Waals surface area contributed by atoms with E-state index in [0.717, 1.165) is 5.56 Å². The first kappa shape index (κ1) is 15.1. The van der Waals surface area contributed by atoms with Crippen LogP contribution in [0.1, 0.15) is 17.5 Å². The average molecular weight is 287 g/mol. The lowest BCUT2D eigenvalue weighted by Crippen LogP contribution is -2.33. The lowest BCUT2D eigenvalue weighted by molar-refractivity contribution is -0.121. The quantitative estimate of drug-likeness (QED) is 0.851. The number of carbonyl (C=O) groups is 1. The number of hydrogen-bond donors (Lipinski definition) is 2. The zero-order chi connectivity index (χ0) is 15.1. The molecule has 0 bridgehead atoms. The number of nitrogens with two attached hydrogens (primary N) is 1. The Morgan fingerprint density at radius 1 is 1.24 bits per heavy atom. The van der Waals surface area contributed by atoms with Crippen molar-refractivity contribution in [2.24, 2.45) is 5.73 Å². The van der Waals surface area contributed by atoms with E-state index in [9.17, 15) is 9.18 Å². The smallest absolute Gasteiger partial charge is 0.221 e. The molecule has 1 amide bonds. The van der Waals surface area contributed by atoms with E-state index in [1.54, 1.807) is 30.6 Å². The molecule has 5 heteroatoms. The van der Waals surface area contributed by atoms with Crippen LogP contribution in [0.3, 0.4) is 0 Å². The first-order chi connectivity index (χ1) is 10.1. The molecular weight excluding hydrogens is 269 g/mol. The minimum Gasteiger partial charge on any atom is -0.352 e. The Bertz CT molecular complexity index is 589. The molecule has 0 saturated carbocycles. The Hall–Kier alpha value is -2.27. The fraction of sp³-hybridized carbons (Fsp3) is 0.250. The van der Waals surface area contributed by atoms with E-state index in [2.05, 4.69) is 10.3 Å². The van der Waals surface area contributed by atoms with E-state index in [1.165, 1.54) is 6.07 Å². The van der Waals surface area contributed by atoms with Gasteiger partial charge < -0.3 is 11.1 Å². The third kappa shape index (κ3) is 4.96. The van der Waals surface area contributed by atoms with Crippen LogP contribution in [0.15, 0.2) is 48.8 Å². The van der Waals surface area contributed by atoms with Gasteiger partial charge in [0.1, 0.15) is 5.82 Å². The van der Waals surface area contributed by atoms with Crippen molar-refractivity contribution in [1.82, 2.24) is 10.3 Å². The topological polar surface area (TPSA) is 68.0 Å². The molecule has 2 aromatic rings. The third-order valence-corrected chi connectivity index (χ3v) is 3.13. The molecule has 0 aliphatic rings. The van der Waals surface area contributed by atoms with Crippen LogP contribution in [-0.4, -0.2) is 16.9 Å². The SMILES string of the molecule is N[C@@H](CC(=O)NCc1ccncc1)Cc1ccccc1F. The van der Waals surface area contributed by atoms with Gasteiger partial charge in [-0.05, 0) is 35.7 Å². The van der Waals surface area contributed by atoms with Gasteiger partial charge in [-0.2, -0.15) is 0 Å².